The van der Waals surface area contributed by atoms with Crippen LogP contribution in [0.1, 0.15) is 16.1 Å². The number of carbonyl (C=O) groups excluding carboxylic acids is 1. The normalized spacial score (nSPS) is 11.1. The summed E-state index contributed by atoms with van der Waals surface area (Å²) < 4.78 is 7.02. The molecule has 1 aromatic carbocycles. The van der Waals surface area contributed by atoms with E-state index in [4.69, 9.17) is 16.0 Å². The highest BCUT2D eigenvalue weighted by Gasteiger charge is 2.07. The monoisotopic (exact) mass is 315 g/mol. The molecule has 0 spiro atoms. The summed E-state index contributed by atoms with van der Waals surface area (Å²) in [6, 6.07) is 7.94. The molecular formula is C14H8ClN4O3-. The third-order valence-corrected chi connectivity index (χ3v) is 3.14. The van der Waals surface area contributed by atoms with E-state index in [0.717, 1.165) is 0 Å². The Bertz CT molecular complexity index is 840. The van der Waals surface area contributed by atoms with Crippen molar-refractivity contribution in [3.05, 3.63) is 59.3 Å². The van der Waals surface area contributed by atoms with Crippen molar-refractivity contribution in [2.24, 2.45) is 5.10 Å². The number of carboxylic acids is 1. The molecular weight excluding hydrogens is 308 g/mol. The predicted molar refractivity (Wildman–Crippen MR) is 76.5 cm³/mol. The molecule has 0 aliphatic rings. The van der Waals surface area contributed by atoms with E-state index in [1.807, 2.05) is 0 Å². The van der Waals surface area contributed by atoms with E-state index >= 15 is 0 Å². The van der Waals surface area contributed by atoms with Crippen molar-refractivity contribution >= 4 is 23.8 Å². The van der Waals surface area contributed by atoms with Gasteiger partial charge in [-0.25, -0.2) is 4.68 Å². The number of rotatable bonds is 4. The van der Waals surface area contributed by atoms with Crippen LogP contribution in [0.25, 0.3) is 11.3 Å². The van der Waals surface area contributed by atoms with Gasteiger partial charge < -0.3 is 14.3 Å². The molecule has 0 bridgehead atoms. The average Bonchev–Trinajstić information content (AvgIpc) is 3.16. The molecule has 110 valence electrons. The third-order valence-electron chi connectivity index (χ3n) is 2.83. The minimum Gasteiger partial charge on any atom is -0.545 e. The lowest BCUT2D eigenvalue weighted by atomic mass is 10.1. The summed E-state index contributed by atoms with van der Waals surface area (Å²) in [5, 5.41) is 22.2. The van der Waals surface area contributed by atoms with Gasteiger partial charge in [-0.1, -0.05) is 23.7 Å². The first-order valence-electron chi connectivity index (χ1n) is 6.13. The van der Waals surface area contributed by atoms with E-state index in [1.165, 1.54) is 35.7 Å². The summed E-state index contributed by atoms with van der Waals surface area (Å²) in [7, 11) is 0. The molecule has 22 heavy (non-hydrogen) atoms. The summed E-state index contributed by atoms with van der Waals surface area (Å²) in [5.74, 6) is -0.265. The molecule has 0 atom stereocenters. The maximum absolute atomic E-state index is 10.8. The molecule has 7 nitrogen and oxygen atoms in total. The number of furan rings is 1. The molecule has 0 amide bonds. The first kappa shape index (κ1) is 14.0. The van der Waals surface area contributed by atoms with Gasteiger partial charge in [-0.15, -0.1) is 10.2 Å². The summed E-state index contributed by atoms with van der Waals surface area (Å²) >= 11 is 5.90. The topological polar surface area (TPSA) is 96.3 Å². The van der Waals surface area contributed by atoms with E-state index in [2.05, 4.69) is 15.3 Å². The van der Waals surface area contributed by atoms with Crippen LogP contribution in [-0.4, -0.2) is 27.1 Å². The first-order chi connectivity index (χ1) is 10.6. The Balaban J connectivity index is 1.84. The molecule has 3 aromatic rings. The zero-order chi connectivity index (χ0) is 15.5. The number of nitrogens with zero attached hydrogens (tertiary/aromatic N) is 4. The van der Waals surface area contributed by atoms with Crippen LogP contribution < -0.4 is 5.11 Å². The van der Waals surface area contributed by atoms with Gasteiger partial charge in [-0.3, -0.25) is 0 Å². The maximum Gasteiger partial charge on any atom is 0.147 e. The van der Waals surface area contributed by atoms with E-state index in [9.17, 15) is 9.90 Å². The molecule has 0 unspecified atom stereocenters. The summed E-state index contributed by atoms with van der Waals surface area (Å²) in [6.45, 7) is 0. The van der Waals surface area contributed by atoms with Gasteiger partial charge in [0.05, 0.1) is 17.2 Å². The van der Waals surface area contributed by atoms with Crippen LogP contribution in [0.3, 0.4) is 0 Å². The van der Waals surface area contributed by atoms with Crippen molar-refractivity contribution in [2.45, 2.75) is 0 Å². The highest BCUT2D eigenvalue weighted by atomic mass is 35.5. The lowest BCUT2D eigenvalue weighted by Crippen LogP contribution is -2.22. The van der Waals surface area contributed by atoms with Crippen molar-refractivity contribution in [2.75, 3.05) is 0 Å². The highest BCUT2D eigenvalue weighted by molar-refractivity contribution is 6.33. The van der Waals surface area contributed by atoms with E-state index in [0.29, 0.717) is 17.1 Å². The predicted octanol–water partition coefficient (Wildman–Crippen LogP) is 1.44. The van der Waals surface area contributed by atoms with Crippen LogP contribution in [-0.2, 0) is 0 Å². The van der Waals surface area contributed by atoms with Crippen LogP contribution >= 0.6 is 11.6 Å². The SMILES string of the molecule is O=C([O-])c1ccc(-c2ccc(/C=N\n3cnnc3)o2)cc1Cl. The van der Waals surface area contributed by atoms with Crippen molar-refractivity contribution in [3.63, 3.8) is 0 Å². The van der Waals surface area contributed by atoms with Crippen molar-refractivity contribution in [1.82, 2.24) is 14.9 Å². The zero-order valence-electron chi connectivity index (χ0n) is 11.0. The number of benzene rings is 1. The van der Waals surface area contributed by atoms with Gasteiger partial charge in [0.1, 0.15) is 24.2 Å². The Morgan fingerprint density at radius 1 is 1.27 bits per heavy atom. The van der Waals surface area contributed by atoms with Gasteiger partial charge in [0.25, 0.3) is 0 Å². The first-order valence-corrected chi connectivity index (χ1v) is 6.51. The van der Waals surface area contributed by atoms with Gasteiger partial charge >= 0.3 is 0 Å². The molecule has 0 saturated carbocycles. The Morgan fingerprint density at radius 2 is 2.05 bits per heavy atom. The maximum atomic E-state index is 10.8. The lowest BCUT2D eigenvalue weighted by molar-refractivity contribution is -0.255. The molecule has 8 heteroatoms. The van der Waals surface area contributed by atoms with Crippen molar-refractivity contribution in [1.29, 1.82) is 0 Å². The zero-order valence-corrected chi connectivity index (χ0v) is 11.8. The summed E-state index contributed by atoms with van der Waals surface area (Å²) in [6.07, 6.45) is 4.39. The van der Waals surface area contributed by atoms with E-state index in [-0.39, 0.29) is 10.6 Å². The number of aromatic nitrogens is 3. The van der Waals surface area contributed by atoms with Crippen LogP contribution in [0, 0.1) is 0 Å². The number of halogens is 1. The van der Waals surface area contributed by atoms with Gasteiger partial charge in [-0.05, 0) is 18.2 Å². The molecule has 0 aliphatic heterocycles. The smallest absolute Gasteiger partial charge is 0.147 e. The number of hydrogen-bond donors (Lipinski definition) is 0. The second kappa shape index (κ2) is 5.82. The number of carboxylic acid groups (broad SMARTS) is 1. The molecule has 3 rings (SSSR count). The summed E-state index contributed by atoms with van der Waals surface area (Å²) in [4.78, 5) is 10.8. The van der Waals surface area contributed by atoms with Crippen molar-refractivity contribution in [3.8, 4) is 11.3 Å². The summed E-state index contributed by atoms with van der Waals surface area (Å²) in [5.41, 5.74) is 0.588. The second-order valence-electron chi connectivity index (χ2n) is 4.27. The molecule has 0 saturated heterocycles. The Kier molecular flexibility index (Phi) is 3.71. The standard InChI is InChI=1S/C14H9ClN4O3/c15-12-5-9(1-3-11(12)14(20)21)13-4-2-10(22-13)6-18-19-7-16-17-8-19/h1-8H,(H,20,21)/p-1/b18-6-. The minimum atomic E-state index is -1.32. The number of carbonyl (C=O) groups is 1. The lowest BCUT2D eigenvalue weighted by Gasteiger charge is -2.06. The van der Waals surface area contributed by atoms with Crippen molar-refractivity contribution < 1.29 is 14.3 Å². The molecule has 2 heterocycles. The van der Waals surface area contributed by atoms with Gasteiger partial charge in [0.15, 0.2) is 0 Å². The van der Waals surface area contributed by atoms with Crippen LogP contribution in [0.15, 0.2) is 52.5 Å². The highest BCUT2D eigenvalue weighted by Crippen LogP contribution is 2.26. The molecule has 0 aliphatic carbocycles. The van der Waals surface area contributed by atoms with Crippen LogP contribution in [0.4, 0.5) is 0 Å². The van der Waals surface area contributed by atoms with Gasteiger partial charge in [0.2, 0.25) is 0 Å². The fourth-order valence-corrected chi connectivity index (χ4v) is 2.05. The fraction of sp³-hybridized carbons (Fsp3) is 0. The quantitative estimate of drug-likeness (QED) is 0.679. The Labute approximate surface area is 129 Å². The van der Waals surface area contributed by atoms with Gasteiger partial charge in [0, 0.05) is 11.1 Å². The van der Waals surface area contributed by atoms with E-state index < -0.39 is 5.97 Å². The Hall–Kier alpha value is -2.93. The average molecular weight is 316 g/mol. The molecule has 2 aromatic heterocycles. The molecule has 0 N–H and O–H groups in total. The minimum absolute atomic E-state index is 0.0635. The molecule has 0 fully saturated rings. The number of hydrogen-bond acceptors (Lipinski definition) is 6. The Morgan fingerprint density at radius 3 is 2.73 bits per heavy atom. The second-order valence-corrected chi connectivity index (χ2v) is 4.68. The van der Waals surface area contributed by atoms with E-state index in [1.54, 1.807) is 18.2 Å². The van der Waals surface area contributed by atoms with Crippen LogP contribution in [0.2, 0.25) is 5.02 Å². The number of aromatic carboxylic acids is 1. The third kappa shape index (κ3) is 2.89. The molecule has 0 radical (unpaired) electrons. The van der Waals surface area contributed by atoms with Crippen LogP contribution in [0.5, 0.6) is 0 Å². The fourth-order valence-electron chi connectivity index (χ4n) is 1.79. The van der Waals surface area contributed by atoms with Gasteiger partial charge in [-0.2, -0.15) is 5.10 Å². The largest absolute Gasteiger partial charge is 0.545 e.